The third-order valence-corrected chi connectivity index (χ3v) is 3.96. The van der Waals surface area contributed by atoms with Crippen LogP contribution in [0.25, 0.3) is 0 Å². The van der Waals surface area contributed by atoms with Crippen LogP contribution in [0.3, 0.4) is 0 Å². The van der Waals surface area contributed by atoms with Crippen LogP contribution < -0.4 is 10.5 Å². The number of hydrogen-bond acceptors (Lipinski definition) is 5. The number of anilines is 1. The second-order valence-electron chi connectivity index (χ2n) is 3.37. The second-order valence-corrected chi connectivity index (χ2v) is 6.02. The Balaban J connectivity index is 2.93. The molecule has 1 aromatic rings. The molecule has 0 saturated heterocycles. The summed E-state index contributed by atoms with van der Waals surface area (Å²) in [7, 11) is -3.79. The van der Waals surface area contributed by atoms with Gasteiger partial charge in [0, 0.05) is 11.0 Å². The molecule has 0 fully saturated rings. The molecule has 0 bridgehead atoms. The molecule has 0 radical (unpaired) electrons. The number of hydrogen-bond donors (Lipinski definition) is 4. The van der Waals surface area contributed by atoms with Gasteiger partial charge in [0.05, 0.1) is 18.4 Å². The van der Waals surface area contributed by atoms with Crippen LogP contribution in [0.5, 0.6) is 0 Å². The molecular formula is C9H13BrN2O4S. The largest absolute Gasteiger partial charge is 0.398 e. The van der Waals surface area contributed by atoms with Crippen LogP contribution in [0.2, 0.25) is 0 Å². The summed E-state index contributed by atoms with van der Waals surface area (Å²) in [6.07, 6.45) is -1.14. The number of aliphatic hydroxyl groups excluding tert-OH is 2. The first-order chi connectivity index (χ1) is 7.86. The van der Waals surface area contributed by atoms with Crippen LogP contribution >= 0.6 is 15.9 Å². The third-order valence-electron chi connectivity index (χ3n) is 1.98. The van der Waals surface area contributed by atoms with Crippen LogP contribution in [-0.4, -0.2) is 37.9 Å². The summed E-state index contributed by atoms with van der Waals surface area (Å²) in [5.41, 5.74) is 5.67. The molecule has 0 amide bonds. The fourth-order valence-electron chi connectivity index (χ4n) is 1.09. The maximum Gasteiger partial charge on any atom is 0.242 e. The van der Waals surface area contributed by atoms with Crippen molar-refractivity contribution in [3.8, 4) is 0 Å². The second kappa shape index (κ2) is 5.78. The van der Waals surface area contributed by atoms with Crippen molar-refractivity contribution in [2.24, 2.45) is 0 Å². The van der Waals surface area contributed by atoms with Crippen LogP contribution in [0.4, 0.5) is 5.69 Å². The van der Waals surface area contributed by atoms with Gasteiger partial charge >= 0.3 is 0 Å². The van der Waals surface area contributed by atoms with Crippen molar-refractivity contribution in [2.45, 2.75) is 11.0 Å². The average Bonchev–Trinajstić information content (AvgIpc) is 2.29. The zero-order chi connectivity index (χ0) is 13.1. The minimum Gasteiger partial charge on any atom is -0.398 e. The molecule has 6 nitrogen and oxygen atoms in total. The van der Waals surface area contributed by atoms with E-state index in [1.807, 2.05) is 0 Å². The molecule has 1 unspecified atom stereocenters. The molecule has 17 heavy (non-hydrogen) atoms. The number of sulfonamides is 1. The fourth-order valence-corrected chi connectivity index (χ4v) is 2.83. The van der Waals surface area contributed by atoms with Crippen molar-refractivity contribution in [1.82, 2.24) is 4.72 Å². The molecule has 0 saturated carbocycles. The van der Waals surface area contributed by atoms with E-state index in [1.165, 1.54) is 12.1 Å². The maximum absolute atomic E-state index is 11.8. The number of rotatable bonds is 5. The smallest absolute Gasteiger partial charge is 0.242 e. The normalized spacial score (nSPS) is 13.6. The highest BCUT2D eigenvalue weighted by molar-refractivity contribution is 9.10. The predicted octanol–water partition coefficient (Wildman–Crippen LogP) is -0.337. The summed E-state index contributed by atoms with van der Waals surface area (Å²) >= 11 is 3.15. The van der Waals surface area contributed by atoms with E-state index in [9.17, 15) is 8.42 Å². The lowest BCUT2D eigenvalue weighted by atomic mass is 10.3. The minimum absolute atomic E-state index is 0.0722. The lowest BCUT2D eigenvalue weighted by Crippen LogP contribution is -2.34. The van der Waals surface area contributed by atoms with Crippen LogP contribution in [-0.2, 0) is 10.0 Å². The summed E-state index contributed by atoms with van der Waals surface area (Å²) in [6, 6.07) is 4.45. The quantitative estimate of drug-likeness (QED) is 0.554. The first kappa shape index (κ1) is 14.4. The lowest BCUT2D eigenvalue weighted by molar-refractivity contribution is 0.0988. The molecule has 0 aromatic heterocycles. The van der Waals surface area contributed by atoms with Crippen molar-refractivity contribution >= 4 is 31.6 Å². The van der Waals surface area contributed by atoms with E-state index in [0.29, 0.717) is 4.47 Å². The van der Waals surface area contributed by atoms with Crippen molar-refractivity contribution < 1.29 is 18.6 Å². The highest BCUT2D eigenvalue weighted by Crippen LogP contribution is 2.22. The van der Waals surface area contributed by atoms with Gasteiger partial charge in [0.2, 0.25) is 10.0 Å². The zero-order valence-corrected chi connectivity index (χ0v) is 11.2. The van der Waals surface area contributed by atoms with Crippen LogP contribution in [0.15, 0.2) is 27.6 Å². The number of benzene rings is 1. The third kappa shape index (κ3) is 3.93. The Morgan fingerprint density at radius 2 is 2.12 bits per heavy atom. The number of nitrogens with two attached hydrogens (primary N) is 1. The Morgan fingerprint density at radius 1 is 1.47 bits per heavy atom. The monoisotopic (exact) mass is 324 g/mol. The van der Waals surface area contributed by atoms with E-state index in [4.69, 9.17) is 15.9 Å². The average molecular weight is 325 g/mol. The Kier molecular flexibility index (Phi) is 4.90. The van der Waals surface area contributed by atoms with Gasteiger partial charge in [-0.2, -0.15) is 0 Å². The van der Waals surface area contributed by atoms with Gasteiger partial charge in [-0.3, -0.25) is 0 Å². The molecule has 1 atom stereocenters. The van der Waals surface area contributed by atoms with Gasteiger partial charge in [-0.25, -0.2) is 13.1 Å². The highest BCUT2D eigenvalue weighted by Gasteiger charge is 2.18. The molecule has 5 N–H and O–H groups in total. The maximum atomic E-state index is 11.8. The zero-order valence-electron chi connectivity index (χ0n) is 8.80. The molecule has 0 heterocycles. The van der Waals surface area contributed by atoms with Crippen LogP contribution in [0, 0.1) is 0 Å². The van der Waals surface area contributed by atoms with E-state index in [2.05, 4.69) is 20.7 Å². The van der Waals surface area contributed by atoms with E-state index >= 15 is 0 Å². The van der Waals surface area contributed by atoms with E-state index < -0.39 is 22.7 Å². The fraction of sp³-hybridized carbons (Fsp3) is 0.333. The molecule has 0 aliphatic rings. The molecule has 0 spiro atoms. The number of nitrogens with one attached hydrogen (secondary N) is 1. The first-order valence-electron chi connectivity index (χ1n) is 4.70. The molecule has 0 aliphatic carbocycles. The first-order valence-corrected chi connectivity index (χ1v) is 6.98. The number of halogens is 1. The van der Waals surface area contributed by atoms with E-state index in [1.54, 1.807) is 6.07 Å². The Hall–Kier alpha value is -0.670. The Labute approximate surface area is 108 Å². The van der Waals surface area contributed by atoms with Crippen molar-refractivity contribution in [3.63, 3.8) is 0 Å². The molecule has 8 heteroatoms. The van der Waals surface area contributed by atoms with Crippen molar-refractivity contribution in [2.75, 3.05) is 18.9 Å². The molecule has 0 aliphatic heterocycles. The summed E-state index contributed by atoms with van der Waals surface area (Å²) < 4.78 is 26.4. The van der Waals surface area contributed by atoms with Crippen LogP contribution in [0.1, 0.15) is 0 Å². The van der Waals surface area contributed by atoms with Gasteiger partial charge in [0.1, 0.15) is 4.90 Å². The van der Waals surface area contributed by atoms with E-state index in [0.717, 1.165) is 0 Å². The van der Waals surface area contributed by atoms with E-state index in [-0.39, 0.29) is 17.1 Å². The summed E-state index contributed by atoms with van der Waals surface area (Å²) in [4.78, 5) is -0.0722. The van der Waals surface area contributed by atoms with Gasteiger partial charge in [0.15, 0.2) is 0 Å². The number of aliphatic hydroxyl groups is 2. The number of nitrogen functional groups attached to an aromatic ring is 1. The van der Waals surface area contributed by atoms with Gasteiger partial charge in [0.25, 0.3) is 0 Å². The molecule has 1 rings (SSSR count). The summed E-state index contributed by atoms with van der Waals surface area (Å²) in [5.74, 6) is 0. The SMILES string of the molecule is Nc1ccc(Br)cc1S(=O)(=O)NCC(O)CO. The Morgan fingerprint density at radius 3 is 2.71 bits per heavy atom. The highest BCUT2D eigenvalue weighted by atomic mass is 79.9. The van der Waals surface area contributed by atoms with Crippen molar-refractivity contribution in [1.29, 1.82) is 0 Å². The van der Waals surface area contributed by atoms with Gasteiger partial charge < -0.3 is 15.9 Å². The van der Waals surface area contributed by atoms with Gasteiger partial charge in [-0.1, -0.05) is 15.9 Å². The minimum atomic E-state index is -3.79. The molecule has 96 valence electrons. The Bertz CT molecular complexity index is 492. The predicted molar refractivity (Wildman–Crippen MR) is 66.8 cm³/mol. The van der Waals surface area contributed by atoms with Gasteiger partial charge in [-0.05, 0) is 18.2 Å². The standard InChI is InChI=1S/C9H13BrN2O4S/c10-6-1-2-8(11)9(3-6)17(15,16)12-4-7(14)5-13/h1-3,7,12-14H,4-5,11H2. The van der Waals surface area contributed by atoms with Gasteiger partial charge in [-0.15, -0.1) is 0 Å². The molecule has 1 aromatic carbocycles. The lowest BCUT2D eigenvalue weighted by Gasteiger charge is -2.11. The summed E-state index contributed by atoms with van der Waals surface area (Å²) in [6.45, 7) is -0.790. The molecular weight excluding hydrogens is 312 g/mol. The van der Waals surface area contributed by atoms with Crippen molar-refractivity contribution in [3.05, 3.63) is 22.7 Å². The topological polar surface area (TPSA) is 113 Å². The summed E-state index contributed by atoms with van der Waals surface area (Å²) in [5, 5.41) is 17.7.